The van der Waals surface area contributed by atoms with Crippen LogP contribution < -0.4 is 5.56 Å². The van der Waals surface area contributed by atoms with E-state index in [0.717, 1.165) is 43.5 Å². The van der Waals surface area contributed by atoms with Gasteiger partial charge in [-0.2, -0.15) is 0 Å². The van der Waals surface area contributed by atoms with E-state index in [0.29, 0.717) is 47.8 Å². The second-order valence-electron chi connectivity index (χ2n) is 8.07. The Morgan fingerprint density at radius 3 is 2.43 bits per heavy atom. The van der Waals surface area contributed by atoms with Gasteiger partial charge in [0.15, 0.2) is 0 Å². The van der Waals surface area contributed by atoms with Crippen molar-refractivity contribution in [1.82, 2.24) is 19.4 Å². The molecule has 0 bridgehead atoms. The van der Waals surface area contributed by atoms with Gasteiger partial charge in [-0.05, 0) is 31.7 Å². The van der Waals surface area contributed by atoms with Crippen LogP contribution in [0.3, 0.4) is 0 Å². The predicted molar refractivity (Wildman–Crippen MR) is 107 cm³/mol. The second kappa shape index (κ2) is 6.69. The van der Waals surface area contributed by atoms with Crippen molar-refractivity contribution in [3.8, 4) is 0 Å². The van der Waals surface area contributed by atoms with E-state index >= 15 is 0 Å². The number of thiophene rings is 1. The summed E-state index contributed by atoms with van der Waals surface area (Å²) in [6, 6.07) is 0. The van der Waals surface area contributed by atoms with Crippen LogP contribution >= 0.6 is 11.3 Å². The zero-order valence-corrected chi connectivity index (χ0v) is 16.9. The van der Waals surface area contributed by atoms with E-state index in [1.807, 2.05) is 16.7 Å². The summed E-state index contributed by atoms with van der Waals surface area (Å²) < 4.78 is 1.75. The number of carbonyl (C=O) groups excluding carboxylic acids is 2. The third kappa shape index (κ3) is 2.69. The zero-order chi connectivity index (χ0) is 19.4. The predicted octanol–water partition coefficient (Wildman–Crippen LogP) is 1.80. The van der Waals surface area contributed by atoms with E-state index in [1.165, 1.54) is 11.3 Å². The second-order valence-corrected chi connectivity index (χ2v) is 9.07. The topological polar surface area (TPSA) is 75.5 Å². The number of aromatic nitrogens is 2. The number of hydrogen-bond donors (Lipinski definition) is 0. The quantitative estimate of drug-likeness (QED) is 0.770. The summed E-state index contributed by atoms with van der Waals surface area (Å²) in [5.74, 6) is 1.25. The van der Waals surface area contributed by atoms with Crippen molar-refractivity contribution in [2.45, 2.75) is 45.6 Å². The fourth-order valence-electron chi connectivity index (χ4n) is 4.47. The van der Waals surface area contributed by atoms with Crippen LogP contribution in [0.5, 0.6) is 0 Å². The van der Waals surface area contributed by atoms with Crippen molar-refractivity contribution in [3.63, 3.8) is 0 Å². The first-order valence-electron chi connectivity index (χ1n) is 10.2. The lowest BCUT2D eigenvalue weighted by atomic mass is 9.84. The van der Waals surface area contributed by atoms with Crippen LogP contribution in [0.4, 0.5) is 0 Å². The fraction of sp³-hybridized carbons (Fsp3) is 0.600. The molecule has 1 saturated heterocycles. The Kier molecular flexibility index (Phi) is 4.26. The minimum absolute atomic E-state index is 0.0128. The maximum Gasteiger partial charge on any atom is 0.264 e. The third-order valence-electron chi connectivity index (χ3n) is 6.44. The molecule has 2 aliphatic heterocycles. The number of amides is 2. The van der Waals surface area contributed by atoms with Crippen molar-refractivity contribution < 1.29 is 9.59 Å². The lowest BCUT2D eigenvalue weighted by Crippen LogP contribution is -2.52. The first-order valence-corrected chi connectivity index (χ1v) is 11.0. The molecule has 2 fully saturated rings. The molecule has 7 nitrogen and oxygen atoms in total. The van der Waals surface area contributed by atoms with Crippen LogP contribution in [0.2, 0.25) is 0 Å². The van der Waals surface area contributed by atoms with Crippen molar-refractivity contribution in [2.75, 3.05) is 26.2 Å². The molecule has 0 unspecified atom stereocenters. The molecule has 148 valence electrons. The van der Waals surface area contributed by atoms with Crippen molar-refractivity contribution in [3.05, 3.63) is 26.6 Å². The van der Waals surface area contributed by atoms with Gasteiger partial charge < -0.3 is 9.80 Å². The summed E-state index contributed by atoms with van der Waals surface area (Å²) >= 11 is 1.33. The number of nitrogens with zero attached hydrogens (tertiary/aromatic N) is 4. The highest BCUT2D eigenvalue weighted by Gasteiger charge is 2.33. The monoisotopic (exact) mass is 400 g/mol. The summed E-state index contributed by atoms with van der Waals surface area (Å²) in [6.07, 6.45) is 4.94. The average Bonchev–Trinajstić information content (AvgIpc) is 3.25. The molecule has 0 aromatic carbocycles. The fourth-order valence-corrected chi connectivity index (χ4v) is 5.62. The smallest absolute Gasteiger partial charge is 0.264 e. The Hall–Kier alpha value is -2.22. The molecule has 8 heteroatoms. The molecule has 1 aliphatic carbocycles. The molecule has 3 aliphatic rings. The largest absolute Gasteiger partial charge is 0.339 e. The van der Waals surface area contributed by atoms with Gasteiger partial charge in [-0.15, -0.1) is 11.3 Å². The Morgan fingerprint density at radius 2 is 1.75 bits per heavy atom. The first-order chi connectivity index (χ1) is 13.5. The minimum atomic E-state index is -0.0409. The molecule has 2 aromatic rings. The SMILES string of the molecule is Cc1c(C(=O)N2CCN(C(=O)C3CCC3)CC2)sc2nc3n(c(=O)c12)CCC3. The van der Waals surface area contributed by atoms with Crippen LogP contribution in [0, 0.1) is 12.8 Å². The summed E-state index contributed by atoms with van der Waals surface area (Å²) in [7, 11) is 0. The van der Waals surface area contributed by atoms with Gasteiger partial charge in [0.25, 0.3) is 11.5 Å². The number of carbonyl (C=O) groups is 2. The van der Waals surface area contributed by atoms with E-state index in [-0.39, 0.29) is 23.3 Å². The van der Waals surface area contributed by atoms with Gasteiger partial charge in [0, 0.05) is 45.1 Å². The summed E-state index contributed by atoms with van der Waals surface area (Å²) in [5, 5.41) is 0.595. The normalized spacial score (nSPS) is 19.8. The van der Waals surface area contributed by atoms with Crippen LogP contribution in [0.15, 0.2) is 4.79 Å². The Morgan fingerprint density at radius 1 is 1.04 bits per heavy atom. The van der Waals surface area contributed by atoms with E-state index in [9.17, 15) is 14.4 Å². The maximum atomic E-state index is 13.1. The van der Waals surface area contributed by atoms with Gasteiger partial charge in [0.1, 0.15) is 10.7 Å². The molecule has 0 atom stereocenters. The number of rotatable bonds is 2. The molecule has 4 heterocycles. The van der Waals surface area contributed by atoms with Gasteiger partial charge in [0.2, 0.25) is 5.91 Å². The van der Waals surface area contributed by atoms with Gasteiger partial charge in [-0.1, -0.05) is 6.42 Å². The molecule has 5 rings (SSSR count). The number of fused-ring (bicyclic) bond motifs is 2. The maximum absolute atomic E-state index is 13.1. The number of aryl methyl sites for hydroxylation is 2. The van der Waals surface area contributed by atoms with Crippen LogP contribution in [0.25, 0.3) is 10.2 Å². The average molecular weight is 401 g/mol. The summed E-state index contributed by atoms with van der Waals surface area (Å²) in [4.78, 5) is 48.0. The van der Waals surface area contributed by atoms with Crippen LogP contribution in [-0.4, -0.2) is 57.3 Å². The molecule has 2 aromatic heterocycles. The highest BCUT2D eigenvalue weighted by atomic mass is 32.1. The van der Waals surface area contributed by atoms with Gasteiger partial charge in [0.05, 0.1) is 10.3 Å². The summed E-state index contributed by atoms with van der Waals surface area (Å²) in [6.45, 7) is 4.86. The lowest BCUT2D eigenvalue weighted by Gasteiger charge is -2.38. The van der Waals surface area contributed by atoms with Gasteiger partial charge in [-0.25, -0.2) is 4.98 Å². The molecule has 28 heavy (non-hydrogen) atoms. The Labute approximate surface area is 166 Å². The van der Waals surface area contributed by atoms with E-state index in [1.54, 1.807) is 4.57 Å². The molecular weight excluding hydrogens is 376 g/mol. The molecule has 2 amide bonds. The van der Waals surface area contributed by atoms with Crippen molar-refractivity contribution >= 4 is 33.4 Å². The Balaban J connectivity index is 1.37. The van der Waals surface area contributed by atoms with E-state index in [4.69, 9.17) is 0 Å². The molecule has 0 spiro atoms. The molecule has 1 saturated carbocycles. The first kappa shape index (κ1) is 17.8. The summed E-state index contributed by atoms with van der Waals surface area (Å²) in [5.41, 5.74) is 0.735. The highest BCUT2D eigenvalue weighted by molar-refractivity contribution is 7.20. The van der Waals surface area contributed by atoms with E-state index in [2.05, 4.69) is 4.98 Å². The number of hydrogen-bond acceptors (Lipinski definition) is 5. The van der Waals surface area contributed by atoms with Gasteiger partial charge in [-0.3, -0.25) is 19.0 Å². The molecule has 0 radical (unpaired) electrons. The minimum Gasteiger partial charge on any atom is -0.339 e. The molecular formula is C20H24N4O3S. The van der Waals surface area contributed by atoms with Gasteiger partial charge >= 0.3 is 0 Å². The van der Waals surface area contributed by atoms with Crippen molar-refractivity contribution in [1.29, 1.82) is 0 Å². The van der Waals surface area contributed by atoms with E-state index < -0.39 is 0 Å². The lowest BCUT2D eigenvalue weighted by molar-refractivity contribution is -0.139. The highest BCUT2D eigenvalue weighted by Crippen LogP contribution is 2.31. The number of piperazine rings is 1. The zero-order valence-electron chi connectivity index (χ0n) is 16.1. The third-order valence-corrected chi connectivity index (χ3v) is 7.61. The van der Waals surface area contributed by atoms with Crippen LogP contribution in [-0.2, 0) is 17.8 Å². The van der Waals surface area contributed by atoms with Crippen LogP contribution in [0.1, 0.15) is 46.7 Å². The standard InChI is InChI=1S/C20H24N4O3S/c1-12-15-17(21-14-6-3-7-24(14)19(15)26)28-16(12)20(27)23-10-8-22(9-11-23)18(25)13-4-2-5-13/h13H,2-11H2,1H3. The van der Waals surface area contributed by atoms with Crippen molar-refractivity contribution in [2.24, 2.45) is 5.92 Å². The molecule has 0 N–H and O–H groups in total. The Bertz CT molecular complexity index is 1030.